The van der Waals surface area contributed by atoms with E-state index in [1.165, 1.54) is 0 Å². The number of hydrogen-bond acceptors (Lipinski definition) is 0. The summed E-state index contributed by atoms with van der Waals surface area (Å²) in [5, 5.41) is -1.32. The zero-order valence-electron chi connectivity index (χ0n) is 3.54. The monoisotopic (exact) mass is 108 g/mol. The Kier molecular flexibility index (Phi) is 0.650. The van der Waals surface area contributed by atoms with Crippen LogP contribution in [0.25, 0.3) is 0 Å². The lowest BCUT2D eigenvalue weighted by Gasteiger charge is -1.83. The van der Waals surface area contributed by atoms with Crippen LogP contribution in [-0.4, -0.2) is 5.13 Å². The summed E-state index contributed by atoms with van der Waals surface area (Å²) in [4.78, 5) is 0. The average Bonchev–Trinajstić information content (AvgIpc) is 1.73. The molecule has 0 bridgehead atoms. The van der Waals surface area contributed by atoms with Crippen LogP contribution in [0.1, 0.15) is 13.3 Å². The van der Waals surface area contributed by atoms with Crippen LogP contribution in [0.2, 0.25) is 0 Å². The molecule has 36 valence electrons. The second-order valence-corrected chi connectivity index (χ2v) is 2.49. The summed E-state index contributed by atoms with van der Waals surface area (Å²) in [7, 11) is 0. The van der Waals surface area contributed by atoms with Crippen LogP contribution >= 0.6 is 11.6 Å². The van der Waals surface area contributed by atoms with Gasteiger partial charge in [0.25, 0.3) is 0 Å². The number of halogens is 2. The predicted octanol–water partition coefficient (Wildman–Crippen LogP) is 1.93. The molecule has 6 heavy (non-hydrogen) atoms. The highest BCUT2D eigenvalue weighted by Crippen LogP contribution is 2.50. The average molecular weight is 109 g/mol. The van der Waals surface area contributed by atoms with Gasteiger partial charge in [0.05, 0.1) is 0 Å². The maximum Gasteiger partial charge on any atom is 0.186 e. The fraction of sp³-hybridized carbons (Fsp3) is 1.00. The molecule has 1 fully saturated rings. The van der Waals surface area contributed by atoms with Crippen LogP contribution in [0, 0.1) is 5.92 Å². The first-order valence-electron chi connectivity index (χ1n) is 2.01. The van der Waals surface area contributed by atoms with E-state index in [0.29, 0.717) is 6.42 Å². The molecule has 0 aromatic rings. The van der Waals surface area contributed by atoms with Gasteiger partial charge in [0, 0.05) is 12.3 Å². The largest absolute Gasteiger partial charge is 0.226 e. The van der Waals surface area contributed by atoms with Crippen molar-refractivity contribution in [2.45, 2.75) is 18.5 Å². The molecule has 0 amide bonds. The zero-order valence-corrected chi connectivity index (χ0v) is 4.30. The van der Waals surface area contributed by atoms with Gasteiger partial charge in [-0.2, -0.15) is 0 Å². The van der Waals surface area contributed by atoms with E-state index in [1.807, 2.05) is 0 Å². The van der Waals surface area contributed by atoms with E-state index in [4.69, 9.17) is 11.6 Å². The van der Waals surface area contributed by atoms with Gasteiger partial charge in [-0.15, -0.1) is 0 Å². The lowest BCUT2D eigenvalue weighted by atomic mass is 10.5. The van der Waals surface area contributed by atoms with Gasteiger partial charge in [-0.05, 0) is 0 Å². The topological polar surface area (TPSA) is 0 Å². The normalized spacial score (nSPS) is 55.5. The van der Waals surface area contributed by atoms with Gasteiger partial charge in [0.2, 0.25) is 0 Å². The Morgan fingerprint density at radius 2 is 2.17 bits per heavy atom. The van der Waals surface area contributed by atoms with Crippen molar-refractivity contribution in [3.05, 3.63) is 0 Å². The summed E-state index contributed by atoms with van der Waals surface area (Å²) in [6.45, 7) is 1.80. The van der Waals surface area contributed by atoms with Gasteiger partial charge in [0.1, 0.15) is 0 Å². The van der Waals surface area contributed by atoms with Gasteiger partial charge in [-0.25, -0.2) is 4.39 Å². The van der Waals surface area contributed by atoms with E-state index >= 15 is 0 Å². The highest BCUT2D eigenvalue weighted by atomic mass is 35.5. The Hall–Kier alpha value is 0.220. The van der Waals surface area contributed by atoms with Crippen LogP contribution in [0.5, 0.6) is 0 Å². The first-order valence-corrected chi connectivity index (χ1v) is 2.38. The standard InChI is InChI=1S/C4H6ClF/c1-3-2-4(3,5)6/h3H,2H2,1H3. The minimum Gasteiger partial charge on any atom is -0.226 e. The maximum atomic E-state index is 12.0. The third-order valence-corrected chi connectivity index (χ3v) is 1.67. The fourth-order valence-corrected chi connectivity index (χ4v) is 0.581. The Labute approximate surface area is 41.3 Å². The molecule has 1 saturated carbocycles. The zero-order chi connectivity index (χ0) is 4.78. The van der Waals surface area contributed by atoms with E-state index in [9.17, 15) is 4.39 Å². The molecule has 0 saturated heterocycles. The van der Waals surface area contributed by atoms with Gasteiger partial charge in [0.15, 0.2) is 5.13 Å². The van der Waals surface area contributed by atoms with Crippen LogP contribution in [-0.2, 0) is 0 Å². The van der Waals surface area contributed by atoms with Crippen LogP contribution in [0.15, 0.2) is 0 Å². The van der Waals surface area contributed by atoms with Crippen molar-refractivity contribution >= 4 is 11.6 Å². The van der Waals surface area contributed by atoms with Crippen molar-refractivity contribution in [2.24, 2.45) is 5.92 Å². The van der Waals surface area contributed by atoms with Crippen molar-refractivity contribution in [1.82, 2.24) is 0 Å². The molecule has 2 heteroatoms. The second-order valence-electron chi connectivity index (χ2n) is 1.87. The Bertz CT molecular complexity index is 69.9. The molecule has 1 aliphatic carbocycles. The Morgan fingerprint density at radius 1 is 2.00 bits per heavy atom. The molecule has 0 nitrogen and oxygen atoms in total. The number of rotatable bonds is 0. The minimum absolute atomic E-state index is 0.0965. The van der Waals surface area contributed by atoms with E-state index in [1.54, 1.807) is 6.92 Å². The first-order chi connectivity index (χ1) is 2.63. The van der Waals surface area contributed by atoms with Crippen molar-refractivity contribution in [2.75, 3.05) is 0 Å². The van der Waals surface area contributed by atoms with Crippen LogP contribution < -0.4 is 0 Å². The molecule has 0 spiro atoms. The SMILES string of the molecule is CC1CC1(F)Cl. The quantitative estimate of drug-likeness (QED) is 0.416. The number of hydrogen-bond donors (Lipinski definition) is 0. The molecule has 2 atom stereocenters. The maximum absolute atomic E-state index is 12.0. The molecule has 0 radical (unpaired) electrons. The Morgan fingerprint density at radius 3 is 2.17 bits per heavy atom. The highest BCUT2D eigenvalue weighted by molar-refractivity contribution is 6.24. The van der Waals surface area contributed by atoms with E-state index in [0.717, 1.165) is 0 Å². The van der Waals surface area contributed by atoms with Crippen molar-refractivity contribution in [3.8, 4) is 0 Å². The van der Waals surface area contributed by atoms with Crippen molar-refractivity contribution in [1.29, 1.82) is 0 Å². The fourth-order valence-electron chi connectivity index (χ4n) is 0.349. The molecule has 0 heterocycles. The first kappa shape index (κ1) is 4.38. The van der Waals surface area contributed by atoms with E-state index in [-0.39, 0.29) is 5.92 Å². The highest BCUT2D eigenvalue weighted by Gasteiger charge is 2.50. The molecular formula is C4H6ClF. The van der Waals surface area contributed by atoms with Crippen molar-refractivity contribution in [3.63, 3.8) is 0 Å². The third-order valence-electron chi connectivity index (χ3n) is 1.14. The Balaban J connectivity index is 2.41. The van der Waals surface area contributed by atoms with Crippen molar-refractivity contribution < 1.29 is 4.39 Å². The molecule has 0 aromatic heterocycles. The number of alkyl halides is 2. The predicted molar refractivity (Wildman–Crippen MR) is 23.5 cm³/mol. The van der Waals surface area contributed by atoms with Gasteiger partial charge in [-0.3, -0.25) is 0 Å². The molecule has 1 rings (SSSR count). The summed E-state index contributed by atoms with van der Waals surface area (Å²) < 4.78 is 12.0. The molecule has 2 unspecified atom stereocenters. The van der Waals surface area contributed by atoms with Gasteiger partial charge in [-0.1, -0.05) is 18.5 Å². The molecule has 0 aliphatic heterocycles. The van der Waals surface area contributed by atoms with Crippen LogP contribution in [0.4, 0.5) is 4.39 Å². The van der Waals surface area contributed by atoms with Gasteiger partial charge < -0.3 is 0 Å². The second kappa shape index (κ2) is 0.890. The van der Waals surface area contributed by atoms with E-state index in [2.05, 4.69) is 0 Å². The smallest absolute Gasteiger partial charge is 0.186 e. The molecule has 0 N–H and O–H groups in total. The van der Waals surface area contributed by atoms with E-state index < -0.39 is 5.13 Å². The lowest BCUT2D eigenvalue weighted by molar-refractivity contribution is 0.402. The third kappa shape index (κ3) is 0.515. The summed E-state index contributed by atoms with van der Waals surface area (Å²) in [5.41, 5.74) is 0. The lowest BCUT2D eigenvalue weighted by Crippen LogP contribution is -1.84. The van der Waals surface area contributed by atoms with Gasteiger partial charge >= 0.3 is 0 Å². The molecule has 0 aromatic carbocycles. The summed E-state index contributed by atoms with van der Waals surface area (Å²) in [6.07, 6.45) is 0.536. The summed E-state index contributed by atoms with van der Waals surface area (Å²) in [5.74, 6) is 0.0965. The molecule has 1 aliphatic rings. The summed E-state index contributed by atoms with van der Waals surface area (Å²) >= 11 is 5.12. The summed E-state index contributed by atoms with van der Waals surface area (Å²) in [6, 6.07) is 0. The van der Waals surface area contributed by atoms with Crippen LogP contribution in [0.3, 0.4) is 0 Å². The molecular weight excluding hydrogens is 102 g/mol. The minimum atomic E-state index is -1.32.